The van der Waals surface area contributed by atoms with Crippen molar-refractivity contribution in [3.8, 4) is 0 Å². The summed E-state index contributed by atoms with van der Waals surface area (Å²) < 4.78 is 7.85. The number of benzene rings is 1. The number of alkyl halides is 1. The first-order chi connectivity index (χ1) is 9.14. The van der Waals surface area contributed by atoms with Gasteiger partial charge >= 0.3 is 0 Å². The summed E-state index contributed by atoms with van der Waals surface area (Å²) in [7, 11) is 0. The van der Waals surface area contributed by atoms with Gasteiger partial charge in [0.2, 0.25) is 0 Å². The molecule has 1 aliphatic heterocycles. The predicted molar refractivity (Wildman–Crippen MR) is 78.3 cm³/mol. The van der Waals surface area contributed by atoms with Gasteiger partial charge in [0, 0.05) is 23.9 Å². The molecule has 0 bridgehead atoms. The van der Waals surface area contributed by atoms with Crippen LogP contribution in [0.25, 0.3) is 11.0 Å². The maximum Gasteiger partial charge on any atom is 0.111 e. The van der Waals surface area contributed by atoms with Crippen molar-refractivity contribution >= 4 is 34.2 Å². The summed E-state index contributed by atoms with van der Waals surface area (Å²) in [4.78, 5) is 4.70. The third kappa shape index (κ3) is 2.24. The van der Waals surface area contributed by atoms with Crippen LogP contribution in [0.4, 0.5) is 0 Å². The molecule has 0 radical (unpaired) electrons. The Morgan fingerprint density at radius 3 is 3.00 bits per heavy atom. The molecule has 2 heterocycles. The van der Waals surface area contributed by atoms with E-state index in [9.17, 15) is 0 Å². The van der Waals surface area contributed by atoms with E-state index in [1.807, 2.05) is 18.2 Å². The number of halogens is 2. The van der Waals surface area contributed by atoms with Crippen molar-refractivity contribution in [1.29, 1.82) is 0 Å². The van der Waals surface area contributed by atoms with Crippen molar-refractivity contribution in [3.05, 3.63) is 29.0 Å². The largest absolute Gasteiger partial charge is 0.379 e. The van der Waals surface area contributed by atoms with Crippen molar-refractivity contribution in [2.75, 3.05) is 19.1 Å². The van der Waals surface area contributed by atoms with E-state index in [0.29, 0.717) is 12.5 Å². The molecule has 0 aliphatic carbocycles. The lowest BCUT2D eigenvalue weighted by Crippen LogP contribution is -2.32. The molecule has 5 heteroatoms. The maximum atomic E-state index is 6.13. The fourth-order valence-corrected chi connectivity index (χ4v) is 3.12. The molecule has 1 unspecified atom stereocenters. The quantitative estimate of drug-likeness (QED) is 0.810. The van der Waals surface area contributed by atoms with Crippen LogP contribution in [0.15, 0.2) is 18.2 Å². The third-order valence-electron chi connectivity index (χ3n) is 3.74. The van der Waals surface area contributed by atoms with E-state index in [0.717, 1.165) is 41.3 Å². The second-order valence-electron chi connectivity index (χ2n) is 5.23. The van der Waals surface area contributed by atoms with Gasteiger partial charge in [-0.25, -0.2) is 4.98 Å². The Morgan fingerprint density at radius 2 is 2.32 bits per heavy atom. The van der Waals surface area contributed by atoms with Gasteiger partial charge in [-0.05, 0) is 31.5 Å². The van der Waals surface area contributed by atoms with Crippen molar-refractivity contribution < 1.29 is 4.74 Å². The number of aryl methyl sites for hydroxylation is 1. The SMILES string of the molecule is CC1(n2c(CCCl)nc3ccc(Cl)cc32)CCOC1. The molecule has 0 saturated carbocycles. The molecule has 19 heavy (non-hydrogen) atoms. The standard InChI is InChI=1S/C14H16Cl2N2O/c1-14(5-7-19-9-14)18-12-8-10(16)2-3-11(12)17-13(18)4-6-15/h2-3,8H,4-7,9H2,1H3. The van der Waals surface area contributed by atoms with E-state index in [1.165, 1.54) is 0 Å². The first-order valence-corrected chi connectivity index (χ1v) is 7.36. The molecule has 1 aromatic heterocycles. The van der Waals surface area contributed by atoms with Crippen molar-refractivity contribution in [3.63, 3.8) is 0 Å². The van der Waals surface area contributed by atoms with E-state index in [1.54, 1.807) is 0 Å². The summed E-state index contributed by atoms with van der Waals surface area (Å²) in [5.74, 6) is 1.58. The number of aromatic nitrogens is 2. The predicted octanol–water partition coefficient (Wildman–Crippen LogP) is 3.61. The molecule has 102 valence electrons. The zero-order chi connectivity index (χ0) is 13.5. The fourth-order valence-electron chi connectivity index (χ4n) is 2.79. The molecule has 1 aromatic carbocycles. The van der Waals surface area contributed by atoms with Crippen LogP contribution in [0.2, 0.25) is 5.02 Å². The monoisotopic (exact) mass is 298 g/mol. The van der Waals surface area contributed by atoms with Crippen LogP contribution in [0.5, 0.6) is 0 Å². The summed E-state index contributed by atoms with van der Waals surface area (Å²) in [6.45, 7) is 3.71. The third-order valence-corrected chi connectivity index (χ3v) is 4.17. The minimum absolute atomic E-state index is 0.0547. The van der Waals surface area contributed by atoms with Crippen LogP contribution < -0.4 is 0 Å². The summed E-state index contributed by atoms with van der Waals surface area (Å²) in [5.41, 5.74) is 1.99. The smallest absolute Gasteiger partial charge is 0.111 e. The van der Waals surface area contributed by atoms with E-state index in [4.69, 9.17) is 32.9 Å². The lowest BCUT2D eigenvalue weighted by atomic mass is 10.0. The Kier molecular flexibility index (Phi) is 3.46. The van der Waals surface area contributed by atoms with Crippen LogP contribution in [-0.2, 0) is 16.7 Å². The van der Waals surface area contributed by atoms with Gasteiger partial charge in [0.25, 0.3) is 0 Å². The van der Waals surface area contributed by atoms with Gasteiger partial charge in [-0.2, -0.15) is 0 Å². The van der Waals surface area contributed by atoms with Gasteiger partial charge in [-0.15, -0.1) is 11.6 Å². The lowest BCUT2D eigenvalue weighted by Gasteiger charge is -2.27. The van der Waals surface area contributed by atoms with Crippen LogP contribution in [0.1, 0.15) is 19.2 Å². The molecule has 0 N–H and O–H groups in total. The minimum atomic E-state index is -0.0547. The maximum absolute atomic E-state index is 6.13. The highest BCUT2D eigenvalue weighted by Gasteiger charge is 2.34. The first kappa shape index (κ1) is 13.2. The molecular formula is C14H16Cl2N2O. The normalized spacial score (nSPS) is 23.3. The molecule has 1 aliphatic rings. The first-order valence-electron chi connectivity index (χ1n) is 6.45. The van der Waals surface area contributed by atoms with Gasteiger partial charge in [-0.1, -0.05) is 11.6 Å². The van der Waals surface area contributed by atoms with Gasteiger partial charge in [0.15, 0.2) is 0 Å². The summed E-state index contributed by atoms with van der Waals surface area (Å²) in [6, 6.07) is 5.81. The second-order valence-corrected chi connectivity index (χ2v) is 6.05. The summed E-state index contributed by atoms with van der Waals surface area (Å²) in [6.07, 6.45) is 1.74. The van der Waals surface area contributed by atoms with Gasteiger partial charge in [0.1, 0.15) is 5.82 Å². The number of hydrogen-bond donors (Lipinski definition) is 0. The summed E-state index contributed by atoms with van der Waals surface area (Å²) >= 11 is 12.0. The van der Waals surface area contributed by atoms with Gasteiger partial charge in [-0.3, -0.25) is 0 Å². The Hall–Kier alpha value is -0.770. The second kappa shape index (κ2) is 4.97. The molecule has 0 amide bonds. The van der Waals surface area contributed by atoms with Gasteiger partial charge in [0.05, 0.1) is 23.2 Å². The average Bonchev–Trinajstić information content (AvgIpc) is 2.94. The van der Waals surface area contributed by atoms with Crippen molar-refractivity contribution in [1.82, 2.24) is 9.55 Å². The Bertz CT molecular complexity index is 603. The zero-order valence-corrected chi connectivity index (χ0v) is 12.3. The van der Waals surface area contributed by atoms with E-state index in [2.05, 4.69) is 11.5 Å². The molecular weight excluding hydrogens is 283 g/mol. The number of hydrogen-bond acceptors (Lipinski definition) is 2. The molecule has 2 aromatic rings. The Labute approximate surface area is 122 Å². The average molecular weight is 299 g/mol. The van der Waals surface area contributed by atoms with E-state index < -0.39 is 0 Å². The highest BCUT2D eigenvalue weighted by molar-refractivity contribution is 6.31. The molecule has 3 nitrogen and oxygen atoms in total. The zero-order valence-electron chi connectivity index (χ0n) is 10.8. The summed E-state index contributed by atoms with van der Waals surface area (Å²) in [5, 5.41) is 0.730. The number of imidazole rings is 1. The number of nitrogens with zero attached hydrogens (tertiary/aromatic N) is 2. The van der Waals surface area contributed by atoms with E-state index >= 15 is 0 Å². The van der Waals surface area contributed by atoms with Crippen LogP contribution >= 0.6 is 23.2 Å². The highest BCUT2D eigenvalue weighted by atomic mass is 35.5. The number of fused-ring (bicyclic) bond motifs is 1. The highest BCUT2D eigenvalue weighted by Crippen LogP contribution is 2.33. The molecule has 1 atom stereocenters. The van der Waals surface area contributed by atoms with Crippen LogP contribution in [-0.4, -0.2) is 28.6 Å². The van der Waals surface area contributed by atoms with Crippen LogP contribution in [0.3, 0.4) is 0 Å². The number of ether oxygens (including phenoxy) is 1. The fraction of sp³-hybridized carbons (Fsp3) is 0.500. The Balaban J connectivity index is 2.23. The molecule has 1 saturated heterocycles. The lowest BCUT2D eigenvalue weighted by molar-refractivity contribution is 0.162. The van der Waals surface area contributed by atoms with E-state index in [-0.39, 0.29) is 5.54 Å². The molecule has 0 spiro atoms. The molecule has 3 rings (SSSR count). The Morgan fingerprint density at radius 1 is 1.47 bits per heavy atom. The molecule has 1 fully saturated rings. The minimum Gasteiger partial charge on any atom is -0.379 e. The van der Waals surface area contributed by atoms with Crippen LogP contribution in [0, 0.1) is 0 Å². The number of rotatable bonds is 3. The topological polar surface area (TPSA) is 27.1 Å². The van der Waals surface area contributed by atoms with Gasteiger partial charge < -0.3 is 9.30 Å². The van der Waals surface area contributed by atoms with Crippen molar-refractivity contribution in [2.24, 2.45) is 0 Å². The van der Waals surface area contributed by atoms with Crippen molar-refractivity contribution in [2.45, 2.75) is 25.3 Å².